The molecule has 0 amide bonds. The van der Waals surface area contributed by atoms with E-state index in [1.165, 1.54) is 0 Å². The summed E-state index contributed by atoms with van der Waals surface area (Å²) in [5.74, 6) is 1.58. The number of nitrogens with zero attached hydrogens (tertiary/aromatic N) is 1. The number of benzene rings is 1. The maximum Gasteiger partial charge on any atom is 0.216 e. The van der Waals surface area contributed by atoms with E-state index in [1.54, 1.807) is 7.11 Å². The lowest BCUT2D eigenvalue weighted by Gasteiger charge is -2.06. The van der Waals surface area contributed by atoms with Crippen LogP contribution in [0, 0.1) is 0 Å². The zero-order chi connectivity index (χ0) is 9.97. The van der Waals surface area contributed by atoms with Crippen molar-refractivity contribution in [3.05, 3.63) is 29.8 Å². The van der Waals surface area contributed by atoms with E-state index in [2.05, 4.69) is 4.99 Å². The van der Waals surface area contributed by atoms with E-state index < -0.39 is 0 Å². The fourth-order valence-corrected chi connectivity index (χ4v) is 1.37. The van der Waals surface area contributed by atoms with E-state index in [4.69, 9.17) is 9.47 Å². The molecule has 2 rings (SSSR count). The number of hydrogen-bond acceptors (Lipinski definition) is 3. The molecule has 1 heterocycles. The molecule has 0 aliphatic carbocycles. The fraction of sp³-hybridized carbons (Fsp3) is 0.364. The topological polar surface area (TPSA) is 30.8 Å². The molecule has 1 atom stereocenters. The molecule has 0 fully saturated rings. The first-order chi connectivity index (χ1) is 6.79. The van der Waals surface area contributed by atoms with Crippen molar-refractivity contribution in [1.29, 1.82) is 0 Å². The summed E-state index contributed by atoms with van der Waals surface area (Å²) in [6.45, 7) is 2.77. The van der Waals surface area contributed by atoms with Crippen molar-refractivity contribution in [2.24, 2.45) is 4.99 Å². The van der Waals surface area contributed by atoms with Crippen LogP contribution in [0.15, 0.2) is 29.3 Å². The van der Waals surface area contributed by atoms with Crippen LogP contribution in [-0.4, -0.2) is 25.7 Å². The van der Waals surface area contributed by atoms with Crippen molar-refractivity contribution < 1.29 is 9.47 Å². The van der Waals surface area contributed by atoms with Crippen molar-refractivity contribution >= 4 is 5.90 Å². The van der Waals surface area contributed by atoms with Crippen LogP contribution in [0.2, 0.25) is 0 Å². The average Bonchev–Trinajstić information content (AvgIpc) is 2.65. The highest BCUT2D eigenvalue weighted by Gasteiger charge is 2.16. The van der Waals surface area contributed by atoms with Gasteiger partial charge in [-0.3, -0.25) is 0 Å². The summed E-state index contributed by atoms with van der Waals surface area (Å²) in [5, 5.41) is 0. The smallest absolute Gasteiger partial charge is 0.216 e. The van der Waals surface area contributed by atoms with Crippen LogP contribution in [0.25, 0.3) is 0 Å². The Morgan fingerprint density at radius 1 is 1.36 bits per heavy atom. The summed E-state index contributed by atoms with van der Waals surface area (Å²) in [5.41, 5.74) is 1.01. The highest BCUT2D eigenvalue weighted by atomic mass is 16.5. The van der Waals surface area contributed by atoms with Gasteiger partial charge in [-0.15, -0.1) is 0 Å². The molecule has 0 aromatic heterocycles. The minimum atomic E-state index is 0.201. The van der Waals surface area contributed by atoms with E-state index in [-0.39, 0.29) is 6.10 Å². The van der Waals surface area contributed by atoms with Gasteiger partial charge in [-0.25, -0.2) is 4.99 Å². The molecule has 74 valence electrons. The van der Waals surface area contributed by atoms with Crippen LogP contribution in [-0.2, 0) is 4.74 Å². The molecule has 1 aliphatic heterocycles. The van der Waals surface area contributed by atoms with Crippen LogP contribution in [0.5, 0.6) is 5.75 Å². The summed E-state index contributed by atoms with van der Waals surface area (Å²) >= 11 is 0. The quantitative estimate of drug-likeness (QED) is 0.714. The third kappa shape index (κ3) is 1.71. The molecule has 0 radical (unpaired) electrons. The van der Waals surface area contributed by atoms with E-state index >= 15 is 0 Å². The lowest BCUT2D eigenvalue weighted by molar-refractivity contribution is 0.246. The van der Waals surface area contributed by atoms with Crippen LogP contribution in [0.4, 0.5) is 0 Å². The van der Waals surface area contributed by atoms with Gasteiger partial charge in [0.1, 0.15) is 11.9 Å². The van der Waals surface area contributed by atoms with Crippen LogP contribution in [0.3, 0.4) is 0 Å². The fourth-order valence-electron chi connectivity index (χ4n) is 1.37. The molecule has 3 nitrogen and oxygen atoms in total. The summed E-state index contributed by atoms with van der Waals surface area (Å²) in [6.07, 6.45) is 0.201. The van der Waals surface area contributed by atoms with Gasteiger partial charge in [0.25, 0.3) is 0 Å². The number of hydrogen-bond donors (Lipinski definition) is 0. The number of rotatable bonds is 2. The molecule has 0 saturated carbocycles. The van der Waals surface area contributed by atoms with Crippen LogP contribution < -0.4 is 4.74 Å². The normalized spacial score (nSPS) is 20.1. The van der Waals surface area contributed by atoms with Gasteiger partial charge in [0.15, 0.2) is 0 Å². The van der Waals surface area contributed by atoms with Crippen LogP contribution >= 0.6 is 0 Å². The van der Waals surface area contributed by atoms with Crippen LogP contribution in [0.1, 0.15) is 12.5 Å². The number of ether oxygens (including phenoxy) is 2. The molecule has 14 heavy (non-hydrogen) atoms. The highest BCUT2D eigenvalue weighted by molar-refractivity contribution is 5.95. The summed E-state index contributed by atoms with van der Waals surface area (Å²) in [4.78, 5) is 4.30. The van der Waals surface area contributed by atoms with Gasteiger partial charge in [-0.1, -0.05) is 0 Å². The van der Waals surface area contributed by atoms with Gasteiger partial charge in [-0.05, 0) is 31.2 Å². The Labute approximate surface area is 83.4 Å². The SMILES string of the molecule is COc1ccc(C2=NC[C@H](C)O2)cc1. The van der Waals surface area contributed by atoms with E-state index in [0.717, 1.165) is 23.8 Å². The van der Waals surface area contributed by atoms with Gasteiger partial charge in [0.2, 0.25) is 5.90 Å². The van der Waals surface area contributed by atoms with Crippen molar-refractivity contribution in [3.63, 3.8) is 0 Å². The molecule has 0 unspecified atom stereocenters. The molecule has 0 N–H and O–H groups in total. The van der Waals surface area contributed by atoms with Gasteiger partial charge in [0.05, 0.1) is 13.7 Å². The Hall–Kier alpha value is -1.51. The van der Waals surface area contributed by atoms with Crippen molar-refractivity contribution in [1.82, 2.24) is 0 Å². The Kier molecular flexibility index (Phi) is 2.39. The zero-order valence-electron chi connectivity index (χ0n) is 8.36. The Bertz CT molecular complexity index is 343. The second-order valence-electron chi connectivity index (χ2n) is 3.30. The monoisotopic (exact) mass is 191 g/mol. The second-order valence-corrected chi connectivity index (χ2v) is 3.30. The summed E-state index contributed by atoms with van der Waals surface area (Å²) in [7, 11) is 1.65. The standard InChI is InChI=1S/C11H13NO2/c1-8-7-12-11(14-8)9-3-5-10(13-2)6-4-9/h3-6,8H,7H2,1-2H3/t8-/m0/s1. The Morgan fingerprint density at radius 2 is 2.07 bits per heavy atom. The maximum atomic E-state index is 5.53. The molecular formula is C11H13NO2. The van der Waals surface area contributed by atoms with Crippen molar-refractivity contribution in [3.8, 4) is 5.75 Å². The van der Waals surface area contributed by atoms with Gasteiger partial charge >= 0.3 is 0 Å². The molecule has 3 heteroatoms. The molecular weight excluding hydrogens is 178 g/mol. The van der Waals surface area contributed by atoms with E-state index in [1.807, 2.05) is 31.2 Å². The maximum absolute atomic E-state index is 5.53. The van der Waals surface area contributed by atoms with Crippen molar-refractivity contribution in [2.75, 3.05) is 13.7 Å². The first kappa shape index (κ1) is 9.06. The molecule has 1 aromatic carbocycles. The van der Waals surface area contributed by atoms with Crippen molar-refractivity contribution in [2.45, 2.75) is 13.0 Å². The molecule has 0 spiro atoms. The molecule has 1 aliphatic rings. The lowest BCUT2D eigenvalue weighted by atomic mass is 10.2. The van der Waals surface area contributed by atoms with E-state index in [0.29, 0.717) is 0 Å². The zero-order valence-corrected chi connectivity index (χ0v) is 8.36. The molecule has 0 bridgehead atoms. The number of methoxy groups -OCH3 is 1. The minimum absolute atomic E-state index is 0.201. The summed E-state index contributed by atoms with van der Waals surface area (Å²) in [6, 6.07) is 7.72. The second kappa shape index (κ2) is 3.70. The predicted octanol–water partition coefficient (Wildman–Crippen LogP) is 1.86. The third-order valence-electron chi connectivity index (χ3n) is 2.14. The minimum Gasteiger partial charge on any atom is -0.497 e. The third-order valence-corrected chi connectivity index (χ3v) is 2.14. The predicted molar refractivity (Wildman–Crippen MR) is 54.9 cm³/mol. The first-order valence-electron chi connectivity index (χ1n) is 4.65. The van der Waals surface area contributed by atoms with Gasteiger partial charge in [-0.2, -0.15) is 0 Å². The Morgan fingerprint density at radius 3 is 2.57 bits per heavy atom. The molecule has 0 saturated heterocycles. The van der Waals surface area contributed by atoms with Gasteiger partial charge in [0, 0.05) is 5.56 Å². The first-order valence-corrected chi connectivity index (χ1v) is 4.65. The lowest BCUT2D eigenvalue weighted by Crippen LogP contribution is -2.08. The highest BCUT2D eigenvalue weighted by Crippen LogP contribution is 2.15. The largest absolute Gasteiger partial charge is 0.497 e. The summed E-state index contributed by atoms with van der Waals surface area (Å²) < 4.78 is 10.6. The Balaban J connectivity index is 2.17. The average molecular weight is 191 g/mol. The van der Waals surface area contributed by atoms with Gasteiger partial charge < -0.3 is 9.47 Å². The number of aliphatic imine (C=N–C) groups is 1. The molecule has 1 aromatic rings. The van der Waals surface area contributed by atoms with E-state index in [9.17, 15) is 0 Å².